The number of aliphatic hydroxyl groups is 1. The van der Waals surface area contributed by atoms with E-state index in [0.29, 0.717) is 13.1 Å². The van der Waals surface area contributed by atoms with E-state index in [9.17, 15) is 13.6 Å². The van der Waals surface area contributed by atoms with Gasteiger partial charge in [-0.1, -0.05) is 0 Å². The molecule has 17 heavy (non-hydrogen) atoms. The SMILES string of the molecule is O=C(CSc1ccc(F)cc1F)N1CC(O)C1. The highest BCUT2D eigenvalue weighted by Crippen LogP contribution is 2.23. The van der Waals surface area contributed by atoms with Crippen LogP contribution in [0.5, 0.6) is 0 Å². The number of nitrogens with zero attached hydrogens (tertiary/aromatic N) is 1. The molecule has 1 aliphatic rings. The molecule has 1 aliphatic heterocycles. The van der Waals surface area contributed by atoms with Gasteiger partial charge in [0, 0.05) is 24.1 Å². The molecule has 1 N–H and O–H groups in total. The standard InChI is InChI=1S/C11H11F2NO2S/c12-7-1-2-10(9(13)3-7)17-6-11(16)14-4-8(15)5-14/h1-3,8,15H,4-6H2. The van der Waals surface area contributed by atoms with Crippen LogP contribution in [0.25, 0.3) is 0 Å². The number of aliphatic hydroxyl groups excluding tert-OH is 1. The summed E-state index contributed by atoms with van der Waals surface area (Å²) in [6.07, 6.45) is -0.438. The van der Waals surface area contributed by atoms with Gasteiger partial charge in [-0.25, -0.2) is 8.78 Å². The van der Waals surface area contributed by atoms with Gasteiger partial charge in [0.25, 0.3) is 0 Å². The van der Waals surface area contributed by atoms with Crippen molar-refractivity contribution in [3.63, 3.8) is 0 Å². The van der Waals surface area contributed by atoms with Crippen molar-refractivity contribution in [1.82, 2.24) is 4.90 Å². The summed E-state index contributed by atoms with van der Waals surface area (Å²) in [5.41, 5.74) is 0. The average Bonchev–Trinajstić information content (AvgIpc) is 2.23. The van der Waals surface area contributed by atoms with Gasteiger partial charge >= 0.3 is 0 Å². The smallest absolute Gasteiger partial charge is 0.233 e. The Morgan fingerprint density at radius 2 is 2.18 bits per heavy atom. The first-order valence-electron chi connectivity index (χ1n) is 5.10. The van der Waals surface area contributed by atoms with E-state index >= 15 is 0 Å². The molecule has 92 valence electrons. The third-order valence-electron chi connectivity index (χ3n) is 2.46. The summed E-state index contributed by atoms with van der Waals surface area (Å²) < 4.78 is 25.9. The molecular formula is C11H11F2NO2S. The summed E-state index contributed by atoms with van der Waals surface area (Å²) in [7, 11) is 0. The van der Waals surface area contributed by atoms with Crippen LogP contribution < -0.4 is 0 Å². The van der Waals surface area contributed by atoms with Crippen LogP contribution in [0, 0.1) is 11.6 Å². The van der Waals surface area contributed by atoms with Crippen molar-refractivity contribution in [2.24, 2.45) is 0 Å². The fourth-order valence-corrected chi connectivity index (χ4v) is 2.30. The first kappa shape index (κ1) is 12.3. The molecule has 1 aromatic rings. The molecule has 0 aliphatic carbocycles. The molecule has 1 heterocycles. The Morgan fingerprint density at radius 3 is 2.76 bits per heavy atom. The van der Waals surface area contributed by atoms with E-state index in [1.165, 1.54) is 11.0 Å². The highest BCUT2D eigenvalue weighted by molar-refractivity contribution is 8.00. The molecule has 0 aromatic heterocycles. The number of hydrogen-bond donors (Lipinski definition) is 1. The summed E-state index contributed by atoms with van der Waals surface area (Å²) in [6, 6.07) is 3.26. The molecule has 0 atom stereocenters. The summed E-state index contributed by atoms with van der Waals surface area (Å²) >= 11 is 1.03. The first-order valence-corrected chi connectivity index (χ1v) is 6.08. The summed E-state index contributed by atoms with van der Waals surface area (Å²) in [4.78, 5) is 13.3. The highest BCUT2D eigenvalue weighted by atomic mass is 32.2. The van der Waals surface area contributed by atoms with Crippen LogP contribution in [-0.4, -0.2) is 40.9 Å². The Balaban J connectivity index is 1.87. The Morgan fingerprint density at radius 1 is 1.47 bits per heavy atom. The predicted molar refractivity (Wildman–Crippen MR) is 59.7 cm³/mol. The van der Waals surface area contributed by atoms with E-state index in [2.05, 4.69) is 0 Å². The number of hydrogen-bond acceptors (Lipinski definition) is 3. The second-order valence-electron chi connectivity index (χ2n) is 3.82. The second kappa shape index (κ2) is 5.01. The number of thioether (sulfide) groups is 1. The normalized spacial score (nSPS) is 15.8. The molecule has 1 saturated heterocycles. The van der Waals surface area contributed by atoms with Crippen LogP contribution in [0.4, 0.5) is 8.78 Å². The maximum Gasteiger partial charge on any atom is 0.233 e. The van der Waals surface area contributed by atoms with Crippen LogP contribution in [0.1, 0.15) is 0 Å². The lowest BCUT2D eigenvalue weighted by molar-refractivity contribution is -0.138. The van der Waals surface area contributed by atoms with Gasteiger partial charge < -0.3 is 10.0 Å². The molecule has 1 aromatic carbocycles. The largest absolute Gasteiger partial charge is 0.389 e. The molecule has 0 saturated carbocycles. The average molecular weight is 259 g/mol. The van der Waals surface area contributed by atoms with E-state index in [1.807, 2.05) is 0 Å². The van der Waals surface area contributed by atoms with Crippen molar-refractivity contribution in [3.05, 3.63) is 29.8 Å². The molecule has 0 spiro atoms. The number of carbonyl (C=O) groups is 1. The minimum atomic E-state index is -0.661. The number of carbonyl (C=O) groups excluding carboxylic acids is 1. The van der Waals surface area contributed by atoms with Gasteiger partial charge in [0.15, 0.2) is 0 Å². The Bertz CT molecular complexity index is 435. The molecule has 0 radical (unpaired) electrons. The number of amides is 1. The minimum absolute atomic E-state index is 0.0925. The third kappa shape index (κ3) is 2.95. The van der Waals surface area contributed by atoms with Gasteiger partial charge in [0.1, 0.15) is 11.6 Å². The van der Waals surface area contributed by atoms with Crippen molar-refractivity contribution in [2.75, 3.05) is 18.8 Å². The molecule has 6 heteroatoms. The monoisotopic (exact) mass is 259 g/mol. The van der Waals surface area contributed by atoms with Gasteiger partial charge in [0.05, 0.1) is 11.9 Å². The van der Waals surface area contributed by atoms with E-state index < -0.39 is 17.7 Å². The summed E-state index contributed by atoms with van der Waals surface area (Å²) in [5, 5.41) is 9.02. The topological polar surface area (TPSA) is 40.5 Å². The Labute approximate surface area is 101 Å². The molecule has 0 bridgehead atoms. The van der Waals surface area contributed by atoms with Crippen molar-refractivity contribution in [3.8, 4) is 0 Å². The highest BCUT2D eigenvalue weighted by Gasteiger charge is 2.28. The van der Waals surface area contributed by atoms with E-state index in [4.69, 9.17) is 5.11 Å². The third-order valence-corrected chi connectivity index (χ3v) is 3.49. The van der Waals surface area contributed by atoms with Gasteiger partial charge in [-0.3, -0.25) is 4.79 Å². The lowest BCUT2D eigenvalue weighted by Crippen LogP contribution is -2.54. The number of β-amino-alcohol motifs (C(OH)–C–C–N with tert-alkyl or cyclic N) is 1. The molecule has 1 fully saturated rings. The first-order chi connectivity index (χ1) is 8.06. The van der Waals surface area contributed by atoms with Gasteiger partial charge in [-0.05, 0) is 12.1 Å². The van der Waals surface area contributed by atoms with Crippen molar-refractivity contribution in [2.45, 2.75) is 11.0 Å². The quantitative estimate of drug-likeness (QED) is 0.831. The van der Waals surface area contributed by atoms with Crippen molar-refractivity contribution >= 4 is 17.7 Å². The maximum atomic E-state index is 13.2. The molecule has 3 nitrogen and oxygen atoms in total. The fourth-order valence-electron chi connectivity index (χ4n) is 1.48. The zero-order valence-corrected chi connectivity index (χ0v) is 9.71. The Kier molecular flexibility index (Phi) is 3.63. The molecule has 1 amide bonds. The number of likely N-dealkylation sites (tertiary alicyclic amines) is 1. The van der Waals surface area contributed by atoms with Gasteiger partial charge in [0.2, 0.25) is 5.91 Å². The predicted octanol–water partition coefficient (Wildman–Crippen LogP) is 1.26. The minimum Gasteiger partial charge on any atom is -0.389 e. The van der Waals surface area contributed by atoms with E-state index in [-0.39, 0.29) is 16.6 Å². The lowest BCUT2D eigenvalue weighted by Gasteiger charge is -2.35. The maximum absolute atomic E-state index is 13.2. The van der Waals surface area contributed by atoms with E-state index in [1.54, 1.807) is 0 Å². The van der Waals surface area contributed by atoms with Gasteiger partial charge in [-0.2, -0.15) is 0 Å². The molecular weight excluding hydrogens is 248 g/mol. The number of rotatable bonds is 3. The number of halogens is 2. The zero-order valence-electron chi connectivity index (χ0n) is 8.90. The van der Waals surface area contributed by atoms with Crippen molar-refractivity contribution < 1.29 is 18.7 Å². The van der Waals surface area contributed by atoms with Crippen LogP contribution >= 0.6 is 11.8 Å². The van der Waals surface area contributed by atoms with Crippen LogP contribution in [0.15, 0.2) is 23.1 Å². The Hall–Kier alpha value is -1.14. The fraction of sp³-hybridized carbons (Fsp3) is 0.364. The molecule has 2 rings (SSSR count). The zero-order chi connectivity index (χ0) is 12.4. The summed E-state index contributed by atoms with van der Waals surface area (Å²) in [6.45, 7) is 0.677. The van der Waals surface area contributed by atoms with Crippen LogP contribution in [-0.2, 0) is 4.79 Å². The van der Waals surface area contributed by atoms with E-state index in [0.717, 1.165) is 23.9 Å². The molecule has 0 unspecified atom stereocenters. The lowest BCUT2D eigenvalue weighted by atomic mass is 10.2. The van der Waals surface area contributed by atoms with Gasteiger partial charge in [-0.15, -0.1) is 11.8 Å². The van der Waals surface area contributed by atoms with Crippen LogP contribution in [0.2, 0.25) is 0 Å². The second-order valence-corrected chi connectivity index (χ2v) is 4.83. The van der Waals surface area contributed by atoms with Crippen LogP contribution in [0.3, 0.4) is 0 Å². The number of benzene rings is 1. The van der Waals surface area contributed by atoms with Crippen molar-refractivity contribution in [1.29, 1.82) is 0 Å². The summed E-state index contributed by atoms with van der Waals surface area (Å²) in [5.74, 6) is -1.35.